The van der Waals surface area contributed by atoms with E-state index in [-0.39, 0.29) is 5.54 Å². The van der Waals surface area contributed by atoms with Crippen molar-refractivity contribution in [2.24, 2.45) is 11.7 Å². The SMILES string of the molecule is CC(C)CN(C1CC1)C1(CN)CCC(C)c2ccccc21. The van der Waals surface area contributed by atoms with Gasteiger partial charge in [0.1, 0.15) is 0 Å². The lowest BCUT2D eigenvalue weighted by molar-refractivity contribution is 0.0504. The van der Waals surface area contributed by atoms with Gasteiger partial charge in [-0.2, -0.15) is 0 Å². The largest absolute Gasteiger partial charge is 0.328 e. The molecule has 0 aromatic heterocycles. The Labute approximate surface area is 129 Å². The molecule has 1 saturated carbocycles. The van der Waals surface area contributed by atoms with Gasteiger partial charge in [-0.25, -0.2) is 0 Å². The molecule has 0 radical (unpaired) electrons. The smallest absolute Gasteiger partial charge is 0.0589 e. The molecule has 2 aliphatic carbocycles. The van der Waals surface area contributed by atoms with Crippen molar-refractivity contribution in [2.75, 3.05) is 13.1 Å². The molecule has 2 atom stereocenters. The van der Waals surface area contributed by atoms with E-state index in [9.17, 15) is 0 Å². The van der Waals surface area contributed by atoms with Gasteiger partial charge in [-0.1, -0.05) is 45.0 Å². The van der Waals surface area contributed by atoms with Gasteiger partial charge in [-0.3, -0.25) is 4.90 Å². The van der Waals surface area contributed by atoms with E-state index in [1.807, 2.05) is 0 Å². The summed E-state index contributed by atoms with van der Waals surface area (Å²) in [5.74, 6) is 1.36. The number of rotatable bonds is 5. The molecule has 3 rings (SSSR count). The zero-order chi connectivity index (χ0) is 15.0. The Morgan fingerprint density at radius 3 is 2.57 bits per heavy atom. The molecule has 0 amide bonds. The third-order valence-corrected chi connectivity index (χ3v) is 5.42. The molecule has 0 saturated heterocycles. The van der Waals surface area contributed by atoms with Crippen molar-refractivity contribution in [1.29, 1.82) is 0 Å². The highest BCUT2D eigenvalue weighted by atomic mass is 15.3. The predicted molar refractivity (Wildman–Crippen MR) is 89.4 cm³/mol. The fourth-order valence-corrected chi connectivity index (χ4v) is 4.18. The maximum Gasteiger partial charge on any atom is 0.0589 e. The predicted octanol–water partition coefficient (Wildman–Crippen LogP) is 3.86. The molecule has 0 heterocycles. The molecular weight excluding hydrogens is 256 g/mol. The van der Waals surface area contributed by atoms with E-state index >= 15 is 0 Å². The molecule has 0 aliphatic heterocycles. The maximum atomic E-state index is 6.40. The van der Waals surface area contributed by atoms with Gasteiger partial charge < -0.3 is 5.73 Å². The Bertz CT molecular complexity index is 492. The van der Waals surface area contributed by atoms with Crippen molar-refractivity contribution in [3.63, 3.8) is 0 Å². The average Bonchev–Trinajstić information content (AvgIpc) is 3.31. The Balaban J connectivity index is 2.05. The quantitative estimate of drug-likeness (QED) is 0.890. The van der Waals surface area contributed by atoms with Gasteiger partial charge in [-0.05, 0) is 48.6 Å². The van der Waals surface area contributed by atoms with Gasteiger partial charge in [-0.15, -0.1) is 0 Å². The number of nitrogens with two attached hydrogens (primary N) is 1. The Morgan fingerprint density at radius 2 is 1.95 bits per heavy atom. The topological polar surface area (TPSA) is 29.3 Å². The van der Waals surface area contributed by atoms with Crippen LogP contribution in [0.4, 0.5) is 0 Å². The Hall–Kier alpha value is -0.860. The van der Waals surface area contributed by atoms with Crippen LogP contribution in [0.5, 0.6) is 0 Å². The second-order valence-electron chi connectivity index (χ2n) is 7.54. The van der Waals surface area contributed by atoms with E-state index in [1.165, 1.54) is 43.4 Å². The van der Waals surface area contributed by atoms with Crippen LogP contribution < -0.4 is 5.73 Å². The highest BCUT2D eigenvalue weighted by Gasteiger charge is 2.47. The van der Waals surface area contributed by atoms with E-state index in [0.29, 0.717) is 11.8 Å². The van der Waals surface area contributed by atoms with Gasteiger partial charge in [0, 0.05) is 19.1 Å². The number of benzene rings is 1. The van der Waals surface area contributed by atoms with Crippen LogP contribution >= 0.6 is 0 Å². The Kier molecular flexibility index (Phi) is 4.11. The molecule has 116 valence electrons. The molecule has 1 fully saturated rings. The van der Waals surface area contributed by atoms with E-state index in [2.05, 4.69) is 49.9 Å². The summed E-state index contributed by atoms with van der Waals surface area (Å²) < 4.78 is 0. The summed E-state index contributed by atoms with van der Waals surface area (Å²) >= 11 is 0. The molecular formula is C19H30N2. The number of fused-ring (bicyclic) bond motifs is 1. The molecule has 2 unspecified atom stereocenters. The van der Waals surface area contributed by atoms with Crippen LogP contribution in [0.15, 0.2) is 24.3 Å². The second kappa shape index (κ2) is 5.73. The summed E-state index contributed by atoms with van der Waals surface area (Å²) in [5.41, 5.74) is 9.52. The third-order valence-electron chi connectivity index (χ3n) is 5.42. The summed E-state index contributed by atoms with van der Waals surface area (Å²) in [6.45, 7) is 8.95. The van der Waals surface area contributed by atoms with Crippen molar-refractivity contribution < 1.29 is 0 Å². The average molecular weight is 286 g/mol. The molecule has 1 aromatic rings. The molecule has 0 spiro atoms. The lowest BCUT2D eigenvalue weighted by Crippen LogP contribution is -2.55. The fourth-order valence-electron chi connectivity index (χ4n) is 4.18. The fraction of sp³-hybridized carbons (Fsp3) is 0.684. The lowest BCUT2D eigenvalue weighted by atomic mass is 9.71. The first kappa shape index (κ1) is 15.1. The number of nitrogens with zero attached hydrogens (tertiary/aromatic N) is 1. The normalized spacial score (nSPS) is 29.0. The monoisotopic (exact) mass is 286 g/mol. The van der Waals surface area contributed by atoms with Crippen LogP contribution in [0, 0.1) is 5.92 Å². The van der Waals surface area contributed by atoms with Gasteiger partial charge >= 0.3 is 0 Å². The van der Waals surface area contributed by atoms with E-state index < -0.39 is 0 Å². The van der Waals surface area contributed by atoms with E-state index in [1.54, 1.807) is 0 Å². The summed E-state index contributed by atoms with van der Waals surface area (Å²) in [5, 5.41) is 0. The number of hydrogen-bond acceptors (Lipinski definition) is 2. The van der Waals surface area contributed by atoms with E-state index in [4.69, 9.17) is 5.73 Å². The Morgan fingerprint density at radius 1 is 1.24 bits per heavy atom. The molecule has 0 bridgehead atoms. The van der Waals surface area contributed by atoms with Crippen LogP contribution in [-0.4, -0.2) is 24.0 Å². The van der Waals surface area contributed by atoms with Gasteiger partial charge in [0.05, 0.1) is 5.54 Å². The van der Waals surface area contributed by atoms with Gasteiger partial charge in [0.25, 0.3) is 0 Å². The first-order valence-corrected chi connectivity index (χ1v) is 8.64. The van der Waals surface area contributed by atoms with Crippen molar-refractivity contribution in [1.82, 2.24) is 4.90 Å². The van der Waals surface area contributed by atoms with Crippen LogP contribution in [0.25, 0.3) is 0 Å². The van der Waals surface area contributed by atoms with Gasteiger partial charge in [0.2, 0.25) is 0 Å². The standard InChI is InChI=1S/C19H30N2/c1-14(2)12-21(16-8-9-16)19(13-20)11-10-15(3)17-6-4-5-7-18(17)19/h4-7,14-16H,8-13,20H2,1-3H3. The first-order valence-electron chi connectivity index (χ1n) is 8.64. The molecule has 2 N–H and O–H groups in total. The van der Waals surface area contributed by atoms with Crippen LogP contribution in [0.1, 0.15) is 63.5 Å². The van der Waals surface area contributed by atoms with Gasteiger partial charge in [0.15, 0.2) is 0 Å². The summed E-state index contributed by atoms with van der Waals surface area (Å²) in [7, 11) is 0. The van der Waals surface area contributed by atoms with Crippen LogP contribution in [0.2, 0.25) is 0 Å². The molecule has 2 aliphatic rings. The minimum absolute atomic E-state index is 0.0779. The zero-order valence-electron chi connectivity index (χ0n) is 13.8. The second-order valence-corrected chi connectivity index (χ2v) is 7.54. The molecule has 2 heteroatoms. The summed E-state index contributed by atoms with van der Waals surface area (Å²) in [6, 6.07) is 9.81. The lowest BCUT2D eigenvalue weighted by Gasteiger charge is -2.49. The minimum Gasteiger partial charge on any atom is -0.328 e. The summed E-state index contributed by atoms with van der Waals surface area (Å²) in [4.78, 5) is 2.77. The highest BCUT2D eigenvalue weighted by Crippen LogP contribution is 2.48. The van der Waals surface area contributed by atoms with Crippen molar-refractivity contribution in [3.05, 3.63) is 35.4 Å². The molecule has 21 heavy (non-hydrogen) atoms. The highest BCUT2D eigenvalue weighted by molar-refractivity contribution is 5.39. The van der Waals surface area contributed by atoms with E-state index in [0.717, 1.165) is 12.6 Å². The van der Waals surface area contributed by atoms with Crippen LogP contribution in [0.3, 0.4) is 0 Å². The third kappa shape index (κ3) is 2.64. The zero-order valence-corrected chi connectivity index (χ0v) is 13.8. The maximum absolute atomic E-state index is 6.40. The molecule has 2 nitrogen and oxygen atoms in total. The van der Waals surface area contributed by atoms with Crippen LogP contribution in [-0.2, 0) is 5.54 Å². The minimum atomic E-state index is 0.0779. The van der Waals surface area contributed by atoms with Crippen molar-refractivity contribution >= 4 is 0 Å². The van der Waals surface area contributed by atoms with Crippen molar-refractivity contribution in [2.45, 2.75) is 64.0 Å². The molecule has 1 aromatic carbocycles. The number of hydrogen-bond donors (Lipinski definition) is 1. The first-order chi connectivity index (χ1) is 10.1. The summed E-state index contributed by atoms with van der Waals surface area (Å²) in [6.07, 6.45) is 5.18. The van der Waals surface area contributed by atoms with Crippen molar-refractivity contribution in [3.8, 4) is 0 Å².